The summed E-state index contributed by atoms with van der Waals surface area (Å²) in [6.07, 6.45) is 3.60. The van der Waals surface area contributed by atoms with Crippen LogP contribution in [0.5, 0.6) is 0 Å². The number of para-hydroxylation sites is 2. The Kier molecular flexibility index (Phi) is 3.33. The van der Waals surface area contributed by atoms with Gasteiger partial charge in [-0.3, -0.25) is 0 Å². The van der Waals surface area contributed by atoms with Crippen molar-refractivity contribution in [1.82, 2.24) is 14.9 Å². The lowest BCUT2D eigenvalue weighted by Gasteiger charge is -2.23. The molecule has 0 bridgehead atoms. The van der Waals surface area contributed by atoms with E-state index in [2.05, 4.69) is 41.1 Å². The van der Waals surface area contributed by atoms with E-state index in [9.17, 15) is 0 Å². The molecule has 3 rings (SSSR count). The Labute approximate surface area is 108 Å². The van der Waals surface area contributed by atoms with Crippen LogP contribution in [0.25, 0.3) is 11.0 Å². The van der Waals surface area contributed by atoms with E-state index in [0.717, 1.165) is 25.2 Å². The van der Waals surface area contributed by atoms with E-state index in [1.165, 1.54) is 30.6 Å². The van der Waals surface area contributed by atoms with Crippen molar-refractivity contribution in [2.24, 2.45) is 0 Å². The molecule has 2 aromatic rings. The van der Waals surface area contributed by atoms with E-state index in [1.807, 2.05) is 0 Å². The van der Waals surface area contributed by atoms with Gasteiger partial charge in [0, 0.05) is 12.5 Å². The number of aromatic nitrogens is 2. The van der Waals surface area contributed by atoms with E-state index in [-0.39, 0.29) is 0 Å². The molecule has 1 aromatic carbocycles. The summed E-state index contributed by atoms with van der Waals surface area (Å²) in [5.41, 5.74) is 2.45. The van der Waals surface area contributed by atoms with Crippen LogP contribution in [0.2, 0.25) is 0 Å². The highest BCUT2D eigenvalue weighted by atomic mass is 15.1. The standard InChI is InChI=1S/C15H21N3/c1-2-11-18-14-6-4-3-5-13(14)17-15(18)12-7-9-16-10-8-12/h3-6,12,16H,2,7-11H2,1H3. The van der Waals surface area contributed by atoms with Crippen LogP contribution in [0.1, 0.15) is 37.9 Å². The summed E-state index contributed by atoms with van der Waals surface area (Å²) in [4.78, 5) is 4.89. The second-order valence-corrected chi connectivity index (χ2v) is 5.13. The predicted molar refractivity (Wildman–Crippen MR) is 74.9 cm³/mol. The SMILES string of the molecule is CCCn1c(C2CCNCC2)nc2ccccc21. The summed E-state index contributed by atoms with van der Waals surface area (Å²) in [5.74, 6) is 1.93. The monoisotopic (exact) mass is 243 g/mol. The van der Waals surface area contributed by atoms with Gasteiger partial charge in [-0.25, -0.2) is 4.98 Å². The molecule has 1 saturated heterocycles. The number of hydrogen-bond donors (Lipinski definition) is 1. The van der Waals surface area contributed by atoms with Crippen LogP contribution in [0.4, 0.5) is 0 Å². The molecule has 0 aliphatic carbocycles. The van der Waals surface area contributed by atoms with Gasteiger partial charge in [0.1, 0.15) is 5.82 Å². The van der Waals surface area contributed by atoms with E-state index in [0.29, 0.717) is 5.92 Å². The maximum atomic E-state index is 4.89. The average molecular weight is 243 g/mol. The van der Waals surface area contributed by atoms with Gasteiger partial charge in [0.2, 0.25) is 0 Å². The highest BCUT2D eigenvalue weighted by molar-refractivity contribution is 5.76. The molecule has 2 heterocycles. The summed E-state index contributed by atoms with van der Waals surface area (Å²) in [5, 5.41) is 3.43. The number of nitrogens with one attached hydrogen (secondary N) is 1. The zero-order valence-corrected chi connectivity index (χ0v) is 11.0. The molecule has 1 aliphatic rings. The van der Waals surface area contributed by atoms with Gasteiger partial charge in [-0.1, -0.05) is 19.1 Å². The molecule has 96 valence electrons. The molecule has 1 fully saturated rings. The van der Waals surface area contributed by atoms with Crippen molar-refractivity contribution in [2.75, 3.05) is 13.1 Å². The number of imidazole rings is 1. The van der Waals surface area contributed by atoms with E-state index < -0.39 is 0 Å². The van der Waals surface area contributed by atoms with Crippen LogP contribution in [-0.2, 0) is 6.54 Å². The maximum Gasteiger partial charge on any atom is 0.113 e. The Morgan fingerprint density at radius 1 is 1.28 bits per heavy atom. The molecule has 0 atom stereocenters. The molecule has 0 unspecified atom stereocenters. The van der Waals surface area contributed by atoms with Gasteiger partial charge >= 0.3 is 0 Å². The number of benzene rings is 1. The number of nitrogens with zero attached hydrogens (tertiary/aromatic N) is 2. The van der Waals surface area contributed by atoms with E-state index in [4.69, 9.17) is 4.98 Å². The molecule has 3 nitrogen and oxygen atoms in total. The number of hydrogen-bond acceptors (Lipinski definition) is 2. The fraction of sp³-hybridized carbons (Fsp3) is 0.533. The molecule has 0 amide bonds. The molecular weight excluding hydrogens is 222 g/mol. The molecular formula is C15H21N3. The molecule has 1 N–H and O–H groups in total. The van der Waals surface area contributed by atoms with Gasteiger partial charge in [0.25, 0.3) is 0 Å². The van der Waals surface area contributed by atoms with Gasteiger partial charge in [-0.05, 0) is 44.5 Å². The number of aryl methyl sites for hydroxylation is 1. The topological polar surface area (TPSA) is 29.9 Å². The highest BCUT2D eigenvalue weighted by Gasteiger charge is 2.21. The first-order chi connectivity index (χ1) is 8.90. The molecule has 1 aliphatic heterocycles. The Morgan fingerprint density at radius 3 is 2.83 bits per heavy atom. The fourth-order valence-electron chi connectivity index (χ4n) is 2.94. The van der Waals surface area contributed by atoms with Crippen molar-refractivity contribution in [1.29, 1.82) is 0 Å². The highest BCUT2D eigenvalue weighted by Crippen LogP contribution is 2.28. The average Bonchev–Trinajstić information content (AvgIpc) is 2.80. The Balaban J connectivity index is 2.05. The first kappa shape index (κ1) is 11.7. The van der Waals surface area contributed by atoms with Crippen LogP contribution >= 0.6 is 0 Å². The summed E-state index contributed by atoms with van der Waals surface area (Å²) >= 11 is 0. The lowest BCUT2D eigenvalue weighted by atomic mass is 9.97. The van der Waals surface area contributed by atoms with Crippen LogP contribution in [0.3, 0.4) is 0 Å². The number of piperidine rings is 1. The molecule has 18 heavy (non-hydrogen) atoms. The summed E-state index contributed by atoms with van der Waals surface area (Å²) in [7, 11) is 0. The molecule has 0 saturated carbocycles. The molecule has 1 aromatic heterocycles. The van der Waals surface area contributed by atoms with Crippen LogP contribution in [0.15, 0.2) is 24.3 Å². The second-order valence-electron chi connectivity index (χ2n) is 5.13. The Morgan fingerprint density at radius 2 is 2.06 bits per heavy atom. The van der Waals surface area contributed by atoms with Crippen molar-refractivity contribution in [3.8, 4) is 0 Å². The predicted octanol–water partition coefficient (Wildman–Crippen LogP) is 2.91. The summed E-state index contributed by atoms with van der Waals surface area (Å²) in [6.45, 7) is 5.57. The van der Waals surface area contributed by atoms with Crippen molar-refractivity contribution in [3.05, 3.63) is 30.1 Å². The second kappa shape index (κ2) is 5.11. The minimum Gasteiger partial charge on any atom is -0.328 e. The largest absolute Gasteiger partial charge is 0.328 e. The van der Waals surface area contributed by atoms with Crippen LogP contribution in [-0.4, -0.2) is 22.6 Å². The van der Waals surface area contributed by atoms with E-state index in [1.54, 1.807) is 0 Å². The lowest BCUT2D eigenvalue weighted by Crippen LogP contribution is -2.28. The van der Waals surface area contributed by atoms with Crippen molar-refractivity contribution < 1.29 is 0 Å². The zero-order valence-electron chi connectivity index (χ0n) is 11.0. The minimum absolute atomic E-state index is 0.630. The van der Waals surface area contributed by atoms with Crippen LogP contribution in [0, 0.1) is 0 Å². The number of rotatable bonds is 3. The summed E-state index contributed by atoms with van der Waals surface area (Å²) < 4.78 is 2.44. The van der Waals surface area contributed by atoms with Crippen molar-refractivity contribution in [3.63, 3.8) is 0 Å². The fourth-order valence-corrected chi connectivity index (χ4v) is 2.94. The zero-order chi connectivity index (χ0) is 12.4. The first-order valence-electron chi connectivity index (χ1n) is 7.06. The third-order valence-electron chi connectivity index (χ3n) is 3.84. The third kappa shape index (κ3) is 2.03. The van der Waals surface area contributed by atoms with Gasteiger partial charge in [0.05, 0.1) is 11.0 Å². The van der Waals surface area contributed by atoms with Gasteiger partial charge in [-0.15, -0.1) is 0 Å². The first-order valence-corrected chi connectivity index (χ1v) is 7.06. The van der Waals surface area contributed by atoms with Crippen molar-refractivity contribution >= 4 is 11.0 Å². The summed E-state index contributed by atoms with van der Waals surface area (Å²) in [6, 6.07) is 8.52. The smallest absolute Gasteiger partial charge is 0.113 e. The van der Waals surface area contributed by atoms with Gasteiger partial charge in [0.15, 0.2) is 0 Å². The lowest BCUT2D eigenvalue weighted by molar-refractivity contribution is 0.431. The molecule has 0 spiro atoms. The quantitative estimate of drug-likeness (QED) is 0.898. The number of fused-ring (bicyclic) bond motifs is 1. The Bertz CT molecular complexity index is 524. The van der Waals surface area contributed by atoms with Crippen LogP contribution < -0.4 is 5.32 Å². The Hall–Kier alpha value is -1.35. The molecule has 0 radical (unpaired) electrons. The van der Waals surface area contributed by atoms with Gasteiger partial charge < -0.3 is 9.88 Å². The van der Waals surface area contributed by atoms with Crippen molar-refractivity contribution in [2.45, 2.75) is 38.6 Å². The third-order valence-corrected chi connectivity index (χ3v) is 3.84. The maximum absolute atomic E-state index is 4.89. The van der Waals surface area contributed by atoms with Gasteiger partial charge in [-0.2, -0.15) is 0 Å². The molecule has 3 heteroatoms. The normalized spacial score (nSPS) is 17.4. The minimum atomic E-state index is 0.630. The van der Waals surface area contributed by atoms with E-state index >= 15 is 0 Å².